The van der Waals surface area contributed by atoms with E-state index in [0.29, 0.717) is 37.0 Å². The van der Waals surface area contributed by atoms with Crippen LogP contribution in [0.25, 0.3) is 0 Å². The second kappa shape index (κ2) is 11.1. The molecule has 8 nitrogen and oxygen atoms in total. The maximum Gasteiger partial charge on any atom is 0.344 e. The van der Waals surface area contributed by atoms with Crippen LogP contribution in [0.4, 0.5) is 0 Å². The van der Waals surface area contributed by atoms with Gasteiger partial charge in [-0.25, -0.2) is 4.79 Å². The summed E-state index contributed by atoms with van der Waals surface area (Å²) in [5.74, 6) is -1.15. The molecule has 202 valence electrons. The maximum atomic E-state index is 12.8. The predicted octanol–water partition coefficient (Wildman–Crippen LogP) is 4.37. The highest BCUT2D eigenvalue weighted by atomic mass is 16.6. The first-order valence-corrected chi connectivity index (χ1v) is 13.8. The summed E-state index contributed by atoms with van der Waals surface area (Å²) in [6, 6.07) is 0. The minimum atomic E-state index is -0.639. The van der Waals surface area contributed by atoms with Gasteiger partial charge in [-0.3, -0.25) is 14.4 Å². The molecule has 0 aromatic carbocycles. The molecule has 5 aliphatic rings. The summed E-state index contributed by atoms with van der Waals surface area (Å²) < 4.78 is 21.8. The zero-order chi connectivity index (χ0) is 25.9. The summed E-state index contributed by atoms with van der Waals surface area (Å²) in [6.07, 6.45) is 9.87. The van der Waals surface area contributed by atoms with Crippen LogP contribution < -0.4 is 0 Å². The molecule has 2 unspecified atom stereocenters. The Morgan fingerprint density at radius 1 is 0.778 bits per heavy atom. The third kappa shape index (κ3) is 6.23. The third-order valence-corrected chi connectivity index (χ3v) is 9.01. The molecule has 0 amide bonds. The van der Waals surface area contributed by atoms with Gasteiger partial charge in [0.15, 0.2) is 6.61 Å². The molecular weight excluding hydrogens is 464 g/mol. The van der Waals surface area contributed by atoms with Gasteiger partial charge >= 0.3 is 23.9 Å². The molecule has 5 fully saturated rings. The molecule has 0 spiro atoms. The van der Waals surface area contributed by atoms with E-state index in [-0.39, 0.29) is 24.8 Å². The van der Waals surface area contributed by atoms with Crippen molar-refractivity contribution < 1.29 is 38.1 Å². The van der Waals surface area contributed by atoms with Crippen molar-refractivity contribution in [1.29, 1.82) is 0 Å². The molecule has 0 aliphatic heterocycles. The van der Waals surface area contributed by atoms with Gasteiger partial charge in [-0.05, 0) is 89.4 Å². The summed E-state index contributed by atoms with van der Waals surface area (Å²) in [7, 11) is 0. The van der Waals surface area contributed by atoms with E-state index < -0.39 is 41.8 Å². The van der Waals surface area contributed by atoms with Crippen molar-refractivity contribution in [2.45, 2.75) is 97.0 Å². The molecule has 0 aromatic heterocycles. The van der Waals surface area contributed by atoms with Crippen LogP contribution in [0.5, 0.6) is 0 Å². The van der Waals surface area contributed by atoms with Crippen molar-refractivity contribution in [2.75, 3.05) is 19.8 Å². The van der Waals surface area contributed by atoms with Gasteiger partial charge in [-0.2, -0.15) is 0 Å². The Bertz CT molecular complexity index is 811. The normalized spacial score (nSPS) is 33.0. The van der Waals surface area contributed by atoms with Crippen LogP contribution in [-0.4, -0.2) is 49.3 Å². The van der Waals surface area contributed by atoms with Crippen LogP contribution in [0.3, 0.4) is 0 Å². The minimum Gasteiger partial charge on any atom is -0.462 e. The van der Waals surface area contributed by atoms with E-state index in [4.69, 9.17) is 18.9 Å². The van der Waals surface area contributed by atoms with E-state index in [9.17, 15) is 19.2 Å². The monoisotopic (exact) mass is 506 g/mol. The summed E-state index contributed by atoms with van der Waals surface area (Å²) in [5, 5.41) is 0. The number of rotatable bonds is 10. The standard InChI is InChI=1S/C28H42O8/c1-4-27(2,3)26(32)34-10-9-33-24(30)21-7-5-6-8-22(21)25(31)35-17-23(29)36-28-14-18-11-19(15-28)13-20(12-18)16-28/h18-22H,4-17H2,1-3H3. The molecule has 0 N–H and O–H groups in total. The maximum absolute atomic E-state index is 12.8. The van der Waals surface area contributed by atoms with E-state index in [1.54, 1.807) is 13.8 Å². The molecule has 4 bridgehead atoms. The molecular formula is C28H42O8. The molecule has 0 heterocycles. The second-order valence-corrected chi connectivity index (χ2v) is 12.2. The lowest BCUT2D eigenvalue weighted by atomic mass is 9.54. The molecule has 0 aromatic rings. The van der Waals surface area contributed by atoms with E-state index in [2.05, 4.69) is 0 Å². The second-order valence-electron chi connectivity index (χ2n) is 12.2. The van der Waals surface area contributed by atoms with E-state index >= 15 is 0 Å². The Morgan fingerprint density at radius 3 is 1.81 bits per heavy atom. The van der Waals surface area contributed by atoms with Gasteiger partial charge in [0, 0.05) is 0 Å². The van der Waals surface area contributed by atoms with E-state index in [0.717, 1.165) is 32.1 Å². The lowest BCUT2D eigenvalue weighted by Gasteiger charge is -2.55. The Balaban J connectivity index is 1.21. The number of carbonyl (C=O) groups is 4. The average molecular weight is 507 g/mol. The zero-order valence-electron chi connectivity index (χ0n) is 22.1. The number of hydrogen-bond donors (Lipinski definition) is 0. The minimum absolute atomic E-state index is 0.0218. The summed E-state index contributed by atoms with van der Waals surface area (Å²) in [5.41, 5.74) is -0.954. The van der Waals surface area contributed by atoms with Gasteiger partial charge in [0.1, 0.15) is 18.8 Å². The number of esters is 4. The molecule has 0 radical (unpaired) electrons. The molecule has 2 atom stereocenters. The number of ether oxygens (including phenoxy) is 4. The lowest BCUT2D eigenvalue weighted by molar-refractivity contribution is -0.193. The predicted molar refractivity (Wildman–Crippen MR) is 129 cm³/mol. The fourth-order valence-corrected chi connectivity index (χ4v) is 7.08. The van der Waals surface area contributed by atoms with Gasteiger partial charge in [-0.15, -0.1) is 0 Å². The van der Waals surface area contributed by atoms with Crippen molar-refractivity contribution in [3.63, 3.8) is 0 Å². The van der Waals surface area contributed by atoms with Crippen molar-refractivity contribution in [2.24, 2.45) is 35.0 Å². The van der Waals surface area contributed by atoms with Crippen molar-refractivity contribution in [3.8, 4) is 0 Å². The molecule has 0 saturated heterocycles. The van der Waals surface area contributed by atoms with E-state index in [1.807, 2.05) is 6.92 Å². The van der Waals surface area contributed by atoms with E-state index in [1.165, 1.54) is 19.3 Å². The van der Waals surface area contributed by atoms with Gasteiger partial charge in [-0.1, -0.05) is 19.8 Å². The fraction of sp³-hybridized carbons (Fsp3) is 0.857. The highest BCUT2D eigenvalue weighted by Crippen LogP contribution is 2.57. The van der Waals surface area contributed by atoms with Crippen LogP contribution in [-0.2, 0) is 38.1 Å². The third-order valence-electron chi connectivity index (χ3n) is 9.01. The highest BCUT2D eigenvalue weighted by Gasteiger charge is 2.53. The first-order chi connectivity index (χ1) is 17.1. The number of hydrogen-bond acceptors (Lipinski definition) is 8. The van der Waals surface area contributed by atoms with Crippen molar-refractivity contribution >= 4 is 23.9 Å². The van der Waals surface area contributed by atoms with Gasteiger partial charge in [0.25, 0.3) is 0 Å². The zero-order valence-corrected chi connectivity index (χ0v) is 22.1. The van der Waals surface area contributed by atoms with Crippen LogP contribution in [0.2, 0.25) is 0 Å². The summed E-state index contributed by atoms with van der Waals surface area (Å²) >= 11 is 0. The molecule has 5 aliphatic carbocycles. The lowest BCUT2D eigenvalue weighted by Crippen LogP contribution is -2.53. The topological polar surface area (TPSA) is 105 Å². The van der Waals surface area contributed by atoms with Crippen LogP contribution >= 0.6 is 0 Å². The number of carbonyl (C=O) groups excluding carboxylic acids is 4. The van der Waals surface area contributed by atoms with Crippen molar-refractivity contribution in [1.82, 2.24) is 0 Å². The molecule has 36 heavy (non-hydrogen) atoms. The van der Waals surface area contributed by atoms with Gasteiger partial charge in [0.05, 0.1) is 17.3 Å². The molecule has 5 saturated carbocycles. The van der Waals surface area contributed by atoms with Crippen LogP contribution in [0.1, 0.15) is 91.4 Å². The van der Waals surface area contributed by atoms with Crippen molar-refractivity contribution in [3.05, 3.63) is 0 Å². The SMILES string of the molecule is CCC(C)(C)C(=O)OCCOC(=O)C1CCCCC1C(=O)OCC(=O)OC12CC3CC(CC(C3)C1)C2. The Morgan fingerprint density at radius 2 is 1.28 bits per heavy atom. The van der Waals surface area contributed by atoms with Gasteiger partial charge < -0.3 is 18.9 Å². The first-order valence-electron chi connectivity index (χ1n) is 13.8. The Labute approximate surface area is 214 Å². The van der Waals surface area contributed by atoms with Crippen LogP contribution in [0.15, 0.2) is 0 Å². The average Bonchev–Trinajstić information content (AvgIpc) is 2.83. The summed E-state index contributed by atoms with van der Waals surface area (Å²) in [4.78, 5) is 50.2. The molecule has 8 heteroatoms. The largest absolute Gasteiger partial charge is 0.462 e. The highest BCUT2D eigenvalue weighted by molar-refractivity contribution is 5.84. The first kappa shape index (κ1) is 26.9. The fourth-order valence-electron chi connectivity index (χ4n) is 7.08. The summed E-state index contributed by atoms with van der Waals surface area (Å²) in [6.45, 7) is 5.03. The Hall–Kier alpha value is -2.12. The van der Waals surface area contributed by atoms with Gasteiger partial charge in [0.2, 0.25) is 0 Å². The quantitative estimate of drug-likeness (QED) is 0.244. The molecule has 5 rings (SSSR count). The smallest absolute Gasteiger partial charge is 0.344 e. The van der Waals surface area contributed by atoms with Crippen LogP contribution in [0, 0.1) is 35.0 Å². The Kier molecular flexibility index (Phi) is 8.30.